The van der Waals surface area contributed by atoms with Gasteiger partial charge in [0.15, 0.2) is 0 Å². The first kappa shape index (κ1) is 62.1. The summed E-state index contributed by atoms with van der Waals surface area (Å²) in [7, 11) is 0. The van der Waals surface area contributed by atoms with Crippen LogP contribution in [0.2, 0.25) is 0 Å². The van der Waals surface area contributed by atoms with Gasteiger partial charge in [0.1, 0.15) is 60.1 Å². The molecule has 75 heavy (non-hydrogen) atoms. The third-order valence-corrected chi connectivity index (χ3v) is 11.7. The SMILES string of the molecule is CC(C)C[C@@H]1NC(=O)[C@@H](Cc2ccccc2)NC(=O)[C@H](CCN)NC(=O)[C@@H](NC(=O)[C@@H](CO)NC(=O)[C@@H](NC(=O)c2ccccn2)[C@@H](C)O)CCNC(=O)[C@H]([C@@H](C)O)NC(=O)[C@H](CCN)NC(=O)[C@H](CCN)NC1=O. The lowest BCUT2D eigenvalue weighted by molar-refractivity contribution is -0.136. The van der Waals surface area contributed by atoms with Gasteiger partial charge in [-0.15, -0.1) is 0 Å². The maximum Gasteiger partial charge on any atom is 0.270 e. The van der Waals surface area contributed by atoms with Crippen LogP contribution in [0.15, 0.2) is 54.7 Å². The summed E-state index contributed by atoms with van der Waals surface area (Å²) in [6.07, 6.45) is -2.88. The number of aliphatic hydroxyl groups excluding tert-OH is 3. The molecule has 27 nitrogen and oxygen atoms in total. The third-order valence-electron chi connectivity index (χ3n) is 11.7. The van der Waals surface area contributed by atoms with E-state index in [2.05, 4.69) is 58.2 Å². The number of carbonyl (C=O) groups is 10. The lowest BCUT2D eigenvalue weighted by Crippen LogP contribution is -2.61. The molecule has 1 aliphatic rings. The van der Waals surface area contributed by atoms with Crippen molar-refractivity contribution in [2.45, 2.75) is 133 Å². The molecule has 2 aromatic rings. The summed E-state index contributed by atoms with van der Waals surface area (Å²) in [4.78, 5) is 142. The van der Waals surface area contributed by atoms with Crippen molar-refractivity contribution < 1.29 is 63.3 Å². The molecule has 0 radical (unpaired) electrons. The molecule has 0 saturated carbocycles. The van der Waals surface area contributed by atoms with Crippen LogP contribution in [0.25, 0.3) is 0 Å². The molecule has 0 aliphatic carbocycles. The lowest BCUT2D eigenvalue weighted by atomic mass is 10.00. The molecule has 1 aromatic heterocycles. The van der Waals surface area contributed by atoms with Crippen LogP contribution in [0, 0.1) is 5.92 Å². The van der Waals surface area contributed by atoms with Crippen LogP contribution >= 0.6 is 0 Å². The Morgan fingerprint density at radius 1 is 0.640 bits per heavy atom. The first-order chi connectivity index (χ1) is 35.6. The van der Waals surface area contributed by atoms with Crippen LogP contribution in [0.5, 0.6) is 0 Å². The van der Waals surface area contributed by atoms with Gasteiger partial charge in [-0.2, -0.15) is 0 Å². The highest BCUT2D eigenvalue weighted by Gasteiger charge is 2.37. The Kier molecular flexibility index (Phi) is 26.1. The smallest absolute Gasteiger partial charge is 0.270 e. The van der Waals surface area contributed by atoms with Gasteiger partial charge in [-0.05, 0) is 89.2 Å². The third kappa shape index (κ3) is 20.2. The molecule has 27 heteroatoms. The van der Waals surface area contributed by atoms with E-state index >= 15 is 0 Å². The van der Waals surface area contributed by atoms with Crippen molar-refractivity contribution in [2.24, 2.45) is 23.1 Å². The molecule has 2 heterocycles. The highest BCUT2D eigenvalue weighted by molar-refractivity contribution is 6.00. The van der Waals surface area contributed by atoms with Gasteiger partial charge in [-0.1, -0.05) is 50.2 Å². The number of nitrogens with one attached hydrogen (secondary N) is 10. The normalized spacial score (nSPS) is 23.5. The Morgan fingerprint density at radius 3 is 1.65 bits per heavy atom. The average molecular weight is 1060 g/mol. The van der Waals surface area contributed by atoms with Crippen LogP contribution in [-0.4, -0.2) is 179 Å². The molecule has 0 bridgehead atoms. The largest absolute Gasteiger partial charge is 0.394 e. The van der Waals surface area contributed by atoms with E-state index in [1.165, 1.54) is 32.2 Å². The number of aromatic nitrogens is 1. The number of rotatable bonds is 19. The van der Waals surface area contributed by atoms with E-state index in [9.17, 15) is 63.3 Å². The van der Waals surface area contributed by atoms with Gasteiger partial charge >= 0.3 is 0 Å². The molecule has 11 atom stereocenters. The Hall–Kier alpha value is -7.17. The molecular formula is C48H74N14O13. The van der Waals surface area contributed by atoms with Crippen LogP contribution in [-0.2, 0) is 49.6 Å². The zero-order valence-corrected chi connectivity index (χ0v) is 42.5. The van der Waals surface area contributed by atoms with Crippen molar-refractivity contribution in [3.05, 3.63) is 66.0 Å². The molecule has 10 amide bonds. The van der Waals surface area contributed by atoms with Crippen molar-refractivity contribution in [2.75, 3.05) is 32.8 Å². The van der Waals surface area contributed by atoms with E-state index < -0.39 is 145 Å². The van der Waals surface area contributed by atoms with Gasteiger partial charge in [-0.25, -0.2) is 0 Å². The van der Waals surface area contributed by atoms with Crippen molar-refractivity contribution in [3.8, 4) is 0 Å². The second kappa shape index (κ2) is 31.5. The monoisotopic (exact) mass is 1050 g/mol. The quantitative estimate of drug-likeness (QED) is 0.0622. The summed E-state index contributed by atoms with van der Waals surface area (Å²) in [5, 5.41) is 56.2. The molecule has 1 fully saturated rings. The standard InChI is InChI=1S/C48H74N14O13/c1-25(2)22-34-44(71)56-30(13-17-49)40(67)55-32(15-19-51)43(70)61-37(26(3)64)47(74)53-21-16-33(42(69)54-31(14-18-50)41(68)59-35(45(72)58-34)23-28-10-6-5-7-11-28)57-46(73)36(24-63)60-48(75)38(27(4)65)62-39(66)29-12-8-9-20-52-29/h5-12,20,25-27,30-38,63-65H,13-19,21-24,49-51H2,1-4H3,(H,53,74)(H,54,69)(H,55,67)(H,56,71)(H,57,73)(H,58,72)(H,59,68)(H,60,75)(H,61,70)(H,62,66)/t26-,27-,30+,31+,32+,33+,34+,35-,36-,37+,38+/m1/s1. The predicted molar refractivity (Wildman–Crippen MR) is 270 cm³/mol. The molecule has 19 N–H and O–H groups in total. The highest BCUT2D eigenvalue weighted by Crippen LogP contribution is 2.11. The summed E-state index contributed by atoms with van der Waals surface area (Å²) in [5.41, 5.74) is 18.0. The first-order valence-electron chi connectivity index (χ1n) is 24.7. The minimum Gasteiger partial charge on any atom is -0.394 e. The van der Waals surface area contributed by atoms with Crippen LogP contribution in [0.3, 0.4) is 0 Å². The Morgan fingerprint density at radius 2 is 1.15 bits per heavy atom. The summed E-state index contributed by atoms with van der Waals surface area (Å²) in [6, 6.07) is -0.967. The highest BCUT2D eigenvalue weighted by atomic mass is 16.3. The van der Waals surface area contributed by atoms with Crippen molar-refractivity contribution in [1.29, 1.82) is 0 Å². The van der Waals surface area contributed by atoms with Gasteiger partial charge in [0, 0.05) is 19.2 Å². The summed E-state index contributed by atoms with van der Waals surface area (Å²) >= 11 is 0. The van der Waals surface area contributed by atoms with Crippen molar-refractivity contribution in [3.63, 3.8) is 0 Å². The number of hydrogen-bond acceptors (Lipinski definition) is 17. The first-order valence-corrected chi connectivity index (χ1v) is 24.7. The number of aliphatic hydroxyl groups is 3. The topological polar surface area (TPSA) is 443 Å². The van der Waals surface area contributed by atoms with Crippen LogP contribution in [0.4, 0.5) is 0 Å². The van der Waals surface area contributed by atoms with E-state index in [-0.39, 0.29) is 63.4 Å². The van der Waals surface area contributed by atoms with E-state index in [0.717, 1.165) is 0 Å². The van der Waals surface area contributed by atoms with Gasteiger partial charge in [-0.3, -0.25) is 52.9 Å². The summed E-state index contributed by atoms with van der Waals surface area (Å²) < 4.78 is 0. The Labute approximate surface area is 434 Å². The summed E-state index contributed by atoms with van der Waals surface area (Å²) in [5.74, 6) is -9.83. The van der Waals surface area contributed by atoms with E-state index in [0.29, 0.717) is 5.56 Å². The molecule has 1 saturated heterocycles. The number of amides is 10. The summed E-state index contributed by atoms with van der Waals surface area (Å²) in [6.45, 7) is 3.91. The minimum atomic E-state index is -1.84. The Bertz CT molecular complexity index is 2240. The fourth-order valence-electron chi connectivity index (χ4n) is 7.65. The number of carbonyl (C=O) groups excluding carboxylic acids is 10. The molecule has 414 valence electrons. The van der Waals surface area contributed by atoms with E-state index in [1.54, 1.807) is 50.2 Å². The number of nitrogens with two attached hydrogens (primary N) is 3. The zero-order chi connectivity index (χ0) is 55.8. The number of pyridine rings is 1. The van der Waals surface area contributed by atoms with Crippen molar-refractivity contribution in [1.82, 2.24) is 58.2 Å². The van der Waals surface area contributed by atoms with Gasteiger partial charge in [0.25, 0.3) is 5.91 Å². The van der Waals surface area contributed by atoms with E-state index in [1.807, 2.05) is 0 Å². The second-order valence-corrected chi connectivity index (χ2v) is 18.4. The zero-order valence-electron chi connectivity index (χ0n) is 42.5. The maximum absolute atomic E-state index is 14.3. The lowest BCUT2D eigenvalue weighted by Gasteiger charge is -2.28. The minimum absolute atomic E-state index is 0.0466. The molecule has 3 rings (SSSR count). The fourth-order valence-corrected chi connectivity index (χ4v) is 7.65. The average Bonchev–Trinajstić information content (AvgIpc) is 3.37. The van der Waals surface area contributed by atoms with Gasteiger partial charge in [0.05, 0.1) is 18.8 Å². The number of hydrogen-bond donors (Lipinski definition) is 16. The molecular weight excluding hydrogens is 981 g/mol. The number of nitrogens with zero attached hydrogens (tertiary/aromatic N) is 1. The predicted octanol–water partition coefficient (Wildman–Crippen LogP) is -6.33. The molecule has 0 spiro atoms. The molecule has 1 aromatic carbocycles. The second-order valence-electron chi connectivity index (χ2n) is 18.4. The van der Waals surface area contributed by atoms with Crippen LogP contribution in [0.1, 0.15) is 75.9 Å². The molecule has 0 unspecified atom stereocenters. The van der Waals surface area contributed by atoms with E-state index in [4.69, 9.17) is 17.2 Å². The van der Waals surface area contributed by atoms with Crippen molar-refractivity contribution >= 4 is 59.1 Å². The van der Waals surface area contributed by atoms with Gasteiger partial charge < -0.3 is 85.7 Å². The van der Waals surface area contributed by atoms with Gasteiger partial charge in [0.2, 0.25) is 53.2 Å². The molecule has 1 aliphatic heterocycles. The number of benzene rings is 1. The maximum atomic E-state index is 14.3. The van der Waals surface area contributed by atoms with Crippen LogP contribution < -0.4 is 70.4 Å². The Balaban J connectivity index is 2.10. The fraction of sp³-hybridized carbons (Fsp3) is 0.562.